The molecule has 0 fully saturated rings. The average Bonchev–Trinajstić information content (AvgIpc) is 3.03. The average molecular weight is 359 g/mol. The van der Waals surface area contributed by atoms with E-state index in [-0.39, 0.29) is 18.1 Å². The maximum absolute atomic E-state index is 12.4. The van der Waals surface area contributed by atoms with E-state index in [1.807, 2.05) is 13.0 Å². The Labute approximate surface area is 150 Å². The molecule has 0 saturated heterocycles. The second-order valence-electron chi connectivity index (χ2n) is 6.12. The highest BCUT2D eigenvalue weighted by Gasteiger charge is 2.26. The summed E-state index contributed by atoms with van der Waals surface area (Å²) in [4.78, 5) is 37.1. The molecule has 0 aliphatic heterocycles. The van der Waals surface area contributed by atoms with Gasteiger partial charge in [0.25, 0.3) is 5.91 Å². The van der Waals surface area contributed by atoms with Crippen LogP contribution in [0.25, 0.3) is 0 Å². The Hall–Kier alpha value is -3.23. The summed E-state index contributed by atoms with van der Waals surface area (Å²) in [7, 11) is 3.21. The predicted octanol–water partition coefficient (Wildman–Crippen LogP) is 0.539. The molecule has 1 aromatic carbocycles. The van der Waals surface area contributed by atoms with Gasteiger partial charge in [-0.3, -0.25) is 9.59 Å². The van der Waals surface area contributed by atoms with Crippen molar-refractivity contribution in [3.8, 4) is 0 Å². The second-order valence-corrected chi connectivity index (χ2v) is 6.12. The summed E-state index contributed by atoms with van der Waals surface area (Å²) >= 11 is 0. The number of carbonyl (C=O) groups excluding carboxylic acids is 2. The number of aryl methyl sites for hydroxylation is 1. The highest BCUT2D eigenvalue weighted by molar-refractivity contribution is 5.95. The molecule has 1 aromatic heterocycles. The van der Waals surface area contributed by atoms with Crippen LogP contribution in [-0.2, 0) is 16.1 Å². The zero-order valence-electron chi connectivity index (χ0n) is 15.1. The number of carbonyl (C=O) groups is 3. The summed E-state index contributed by atoms with van der Waals surface area (Å²) in [6.07, 6.45) is 1.30. The van der Waals surface area contributed by atoms with Gasteiger partial charge in [-0.15, -0.1) is 5.10 Å². The number of nitrogens with zero attached hydrogens (tertiary/aromatic N) is 4. The van der Waals surface area contributed by atoms with Gasteiger partial charge in [0.05, 0.1) is 6.20 Å². The first-order chi connectivity index (χ1) is 12.2. The molecule has 2 rings (SSSR count). The maximum Gasteiger partial charge on any atom is 0.330 e. The van der Waals surface area contributed by atoms with Crippen molar-refractivity contribution in [1.29, 1.82) is 0 Å². The van der Waals surface area contributed by atoms with Gasteiger partial charge in [0.2, 0.25) is 5.91 Å². The summed E-state index contributed by atoms with van der Waals surface area (Å²) in [5.74, 6) is -2.07. The fraction of sp³-hybridized carbons (Fsp3) is 0.353. The Bertz CT molecular complexity index is 843. The Kier molecular flexibility index (Phi) is 5.71. The molecule has 0 aliphatic carbocycles. The molecular weight excluding hydrogens is 338 g/mol. The van der Waals surface area contributed by atoms with Crippen LogP contribution < -0.4 is 5.32 Å². The molecule has 0 radical (unpaired) electrons. The highest BCUT2D eigenvalue weighted by Crippen LogP contribution is 2.21. The van der Waals surface area contributed by atoms with Crippen LogP contribution in [0, 0.1) is 13.8 Å². The summed E-state index contributed by atoms with van der Waals surface area (Å²) in [5.41, 5.74) is 2.16. The number of benzene rings is 1. The number of hydrogen-bond donors (Lipinski definition) is 2. The zero-order valence-corrected chi connectivity index (χ0v) is 15.1. The molecule has 138 valence electrons. The minimum atomic E-state index is -1.21. The van der Waals surface area contributed by atoms with Crippen molar-refractivity contribution < 1.29 is 19.5 Å². The van der Waals surface area contributed by atoms with E-state index < -0.39 is 17.9 Å². The normalized spacial score (nSPS) is 11.7. The maximum atomic E-state index is 12.4. The lowest BCUT2D eigenvalue weighted by Crippen LogP contribution is -2.34. The quantitative estimate of drug-likeness (QED) is 0.777. The van der Waals surface area contributed by atoms with Crippen LogP contribution in [0.2, 0.25) is 0 Å². The molecule has 1 atom stereocenters. The van der Waals surface area contributed by atoms with Crippen molar-refractivity contribution >= 4 is 17.8 Å². The third-order valence-corrected chi connectivity index (χ3v) is 4.05. The largest absolute Gasteiger partial charge is 0.479 e. The number of hydrogen-bond acceptors (Lipinski definition) is 5. The second kappa shape index (κ2) is 7.77. The number of aromatic nitrogens is 3. The van der Waals surface area contributed by atoms with E-state index in [1.54, 1.807) is 33.2 Å². The van der Waals surface area contributed by atoms with Gasteiger partial charge < -0.3 is 15.3 Å². The van der Waals surface area contributed by atoms with Gasteiger partial charge in [0, 0.05) is 14.1 Å². The number of carboxylic acids is 1. The summed E-state index contributed by atoms with van der Waals surface area (Å²) in [5, 5.41) is 19.4. The lowest BCUT2D eigenvalue weighted by molar-refractivity contribution is -0.139. The van der Waals surface area contributed by atoms with Gasteiger partial charge in [0.15, 0.2) is 11.7 Å². The zero-order chi connectivity index (χ0) is 19.4. The SMILES string of the molecule is Cc1cccc(C(NC(=O)c2cn(CC(=O)N(C)C)nn2)C(=O)O)c1C. The van der Waals surface area contributed by atoms with Crippen molar-refractivity contribution in [2.75, 3.05) is 14.1 Å². The molecule has 0 spiro atoms. The van der Waals surface area contributed by atoms with Crippen LogP contribution in [0.15, 0.2) is 24.4 Å². The fourth-order valence-corrected chi connectivity index (χ4v) is 2.32. The van der Waals surface area contributed by atoms with E-state index in [1.165, 1.54) is 15.8 Å². The van der Waals surface area contributed by atoms with Crippen LogP contribution in [0.3, 0.4) is 0 Å². The molecule has 0 bridgehead atoms. The summed E-state index contributed by atoms with van der Waals surface area (Å²) < 4.78 is 1.23. The van der Waals surface area contributed by atoms with Crippen molar-refractivity contribution in [2.24, 2.45) is 0 Å². The molecule has 2 N–H and O–H groups in total. The van der Waals surface area contributed by atoms with Crippen molar-refractivity contribution in [3.63, 3.8) is 0 Å². The van der Waals surface area contributed by atoms with Crippen LogP contribution in [-0.4, -0.2) is 56.9 Å². The summed E-state index contributed by atoms with van der Waals surface area (Å²) in [6, 6.07) is 4.06. The lowest BCUT2D eigenvalue weighted by atomic mass is 9.97. The molecule has 0 saturated carbocycles. The molecule has 1 heterocycles. The molecule has 9 heteroatoms. The van der Waals surface area contributed by atoms with E-state index in [0.717, 1.165) is 11.1 Å². The van der Waals surface area contributed by atoms with Gasteiger partial charge in [0.1, 0.15) is 6.54 Å². The molecule has 1 unspecified atom stereocenters. The molecular formula is C17H21N5O4. The molecule has 26 heavy (non-hydrogen) atoms. The number of carboxylic acid groups (broad SMARTS) is 1. The Morgan fingerprint density at radius 3 is 2.58 bits per heavy atom. The van der Waals surface area contributed by atoms with Gasteiger partial charge in [-0.05, 0) is 30.5 Å². The molecule has 2 amide bonds. The number of rotatable bonds is 6. The lowest BCUT2D eigenvalue weighted by Gasteiger charge is -2.17. The van der Waals surface area contributed by atoms with Crippen LogP contribution >= 0.6 is 0 Å². The van der Waals surface area contributed by atoms with E-state index in [4.69, 9.17) is 0 Å². The fourth-order valence-electron chi connectivity index (χ4n) is 2.32. The van der Waals surface area contributed by atoms with E-state index in [2.05, 4.69) is 15.6 Å². The first-order valence-electron chi connectivity index (χ1n) is 7.90. The van der Waals surface area contributed by atoms with Crippen LogP contribution in [0.4, 0.5) is 0 Å². The highest BCUT2D eigenvalue weighted by atomic mass is 16.4. The van der Waals surface area contributed by atoms with Gasteiger partial charge in [-0.1, -0.05) is 23.4 Å². The molecule has 9 nitrogen and oxygen atoms in total. The molecule has 0 aliphatic rings. The third-order valence-electron chi connectivity index (χ3n) is 4.05. The monoisotopic (exact) mass is 359 g/mol. The molecule has 2 aromatic rings. The Morgan fingerprint density at radius 2 is 1.96 bits per heavy atom. The van der Waals surface area contributed by atoms with E-state index in [9.17, 15) is 19.5 Å². The number of likely N-dealkylation sites (N-methyl/N-ethyl adjacent to an activating group) is 1. The minimum absolute atomic E-state index is 0.0619. The van der Waals surface area contributed by atoms with Gasteiger partial charge >= 0.3 is 5.97 Å². The standard InChI is InChI=1S/C17H21N5O4/c1-10-6-5-7-12(11(10)2)15(17(25)26)18-16(24)13-8-22(20-19-13)9-14(23)21(3)4/h5-8,15H,9H2,1-4H3,(H,18,24)(H,25,26). The van der Waals surface area contributed by atoms with Crippen LogP contribution in [0.1, 0.15) is 33.2 Å². The van der Waals surface area contributed by atoms with E-state index >= 15 is 0 Å². The smallest absolute Gasteiger partial charge is 0.330 e. The van der Waals surface area contributed by atoms with Crippen molar-refractivity contribution in [3.05, 3.63) is 46.8 Å². The summed E-state index contributed by atoms with van der Waals surface area (Å²) in [6.45, 7) is 3.61. The third kappa shape index (κ3) is 4.24. The minimum Gasteiger partial charge on any atom is -0.479 e. The Morgan fingerprint density at radius 1 is 1.27 bits per heavy atom. The van der Waals surface area contributed by atoms with Gasteiger partial charge in [-0.25, -0.2) is 9.48 Å². The first kappa shape index (κ1) is 19.1. The topological polar surface area (TPSA) is 117 Å². The van der Waals surface area contributed by atoms with Crippen molar-refractivity contribution in [2.45, 2.75) is 26.4 Å². The van der Waals surface area contributed by atoms with E-state index in [0.29, 0.717) is 5.56 Å². The predicted molar refractivity (Wildman–Crippen MR) is 92.5 cm³/mol. The number of amides is 2. The Balaban J connectivity index is 2.18. The first-order valence-corrected chi connectivity index (χ1v) is 7.90. The number of aliphatic carboxylic acids is 1. The van der Waals surface area contributed by atoms with Gasteiger partial charge in [-0.2, -0.15) is 0 Å². The van der Waals surface area contributed by atoms with Crippen molar-refractivity contribution in [1.82, 2.24) is 25.2 Å². The number of nitrogens with one attached hydrogen (secondary N) is 1. The van der Waals surface area contributed by atoms with Crippen LogP contribution in [0.5, 0.6) is 0 Å².